The van der Waals surface area contributed by atoms with Gasteiger partial charge in [0.1, 0.15) is 0 Å². The van der Waals surface area contributed by atoms with Crippen LogP contribution in [0.3, 0.4) is 0 Å². The Balaban J connectivity index is 1.46. The van der Waals surface area contributed by atoms with Crippen LogP contribution in [0.2, 0.25) is 0 Å². The standard InChI is InChI=1S/C28H50O2/c1-17(2)19(4)26(30)25(29)16-21-8-10-23-22-9-7-20-15-18(3)11-13-27(20,5)24(22)12-14-28(21,23)6/h17-26,29-30H,7-16H2,1-6H3/t18-,19-,20-,21?,22?,23?,24?,25+,26+,27-,28+/m0/s1. The number of fused-ring (bicyclic) bond motifs is 5. The smallest absolute Gasteiger partial charge is 0.0827 e. The van der Waals surface area contributed by atoms with E-state index in [1.807, 2.05) is 0 Å². The van der Waals surface area contributed by atoms with E-state index in [1.54, 1.807) is 0 Å². The summed E-state index contributed by atoms with van der Waals surface area (Å²) in [6, 6.07) is 0. The number of hydrogen-bond acceptors (Lipinski definition) is 2. The molecule has 0 saturated heterocycles. The monoisotopic (exact) mass is 418 g/mol. The lowest BCUT2D eigenvalue weighted by atomic mass is 9.44. The van der Waals surface area contributed by atoms with Crippen LogP contribution in [0.15, 0.2) is 0 Å². The first-order valence-electron chi connectivity index (χ1n) is 13.4. The van der Waals surface area contributed by atoms with Gasteiger partial charge >= 0.3 is 0 Å². The van der Waals surface area contributed by atoms with E-state index in [1.165, 1.54) is 57.8 Å². The second-order valence-electron chi connectivity index (χ2n) is 13.3. The molecule has 2 nitrogen and oxygen atoms in total. The van der Waals surface area contributed by atoms with Gasteiger partial charge in [-0.2, -0.15) is 0 Å². The van der Waals surface area contributed by atoms with Crippen LogP contribution in [0.25, 0.3) is 0 Å². The first kappa shape index (κ1) is 23.1. The molecule has 2 N–H and O–H groups in total. The Morgan fingerprint density at radius 2 is 1.50 bits per heavy atom. The highest BCUT2D eigenvalue weighted by atomic mass is 16.3. The highest BCUT2D eigenvalue weighted by Gasteiger charge is 2.60. The maximum atomic E-state index is 10.9. The van der Waals surface area contributed by atoms with Crippen LogP contribution in [0.5, 0.6) is 0 Å². The molecule has 4 aliphatic carbocycles. The van der Waals surface area contributed by atoms with E-state index in [-0.39, 0.29) is 5.92 Å². The van der Waals surface area contributed by atoms with Crippen molar-refractivity contribution in [1.29, 1.82) is 0 Å². The lowest BCUT2D eigenvalue weighted by molar-refractivity contribution is -0.121. The van der Waals surface area contributed by atoms with Gasteiger partial charge in [-0.3, -0.25) is 0 Å². The van der Waals surface area contributed by atoms with Crippen molar-refractivity contribution in [2.45, 2.75) is 118 Å². The minimum absolute atomic E-state index is 0.157. The SMILES string of the molecule is CC(C)[C@H](C)[C@@H](O)[C@H](O)CC1CCC2C3CC[C@H]4C[C@@H](C)CC[C@]4(C)C3CC[C@]12C. The Morgan fingerprint density at radius 1 is 0.833 bits per heavy atom. The molecule has 0 bridgehead atoms. The molecule has 174 valence electrons. The molecule has 4 saturated carbocycles. The summed E-state index contributed by atoms with van der Waals surface area (Å²) in [6.07, 6.45) is 12.4. The molecule has 0 spiro atoms. The minimum atomic E-state index is -0.581. The average molecular weight is 419 g/mol. The highest BCUT2D eigenvalue weighted by Crippen LogP contribution is 2.68. The van der Waals surface area contributed by atoms with Crippen LogP contribution < -0.4 is 0 Å². The van der Waals surface area contributed by atoms with Crippen LogP contribution in [0.4, 0.5) is 0 Å². The maximum absolute atomic E-state index is 10.9. The van der Waals surface area contributed by atoms with E-state index < -0.39 is 12.2 Å². The Labute approximate surface area is 186 Å². The van der Waals surface area contributed by atoms with Gasteiger partial charge in [0, 0.05) is 0 Å². The summed E-state index contributed by atoms with van der Waals surface area (Å²) in [7, 11) is 0. The normalized spacial score (nSPS) is 49.1. The van der Waals surface area contributed by atoms with Crippen LogP contribution >= 0.6 is 0 Å². The van der Waals surface area contributed by atoms with Crippen LogP contribution in [0, 0.1) is 58.2 Å². The summed E-state index contributed by atoms with van der Waals surface area (Å²) in [5.41, 5.74) is 0.978. The van der Waals surface area contributed by atoms with E-state index in [0.717, 1.165) is 36.0 Å². The van der Waals surface area contributed by atoms with Crippen LogP contribution in [-0.2, 0) is 0 Å². The predicted molar refractivity (Wildman–Crippen MR) is 125 cm³/mol. The third kappa shape index (κ3) is 3.70. The fraction of sp³-hybridized carbons (Fsp3) is 1.00. The lowest BCUT2D eigenvalue weighted by Gasteiger charge is -2.61. The van der Waals surface area contributed by atoms with Gasteiger partial charge in [0.25, 0.3) is 0 Å². The Hall–Kier alpha value is -0.0800. The van der Waals surface area contributed by atoms with Crippen molar-refractivity contribution in [3.63, 3.8) is 0 Å². The Morgan fingerprint density at radius 3 is 2.20 bits per heavy atom. The molecule has 0 amide bonds. The summed E-state index contributed by atoms with van der Waals surface area (Å²) < 4.78 is 0. The molecule has 4 aliphatic rings. The van der Waals surface area contributed by atoms with Gasteiger partial charge in [-0.1, -0.05) is 48.0 Å². The molecule has 4 rings (SSSR count). The largest absolute Gasteiger partial charge is 0.390 e. The first-order valence-corrected chi connectivity index (χ1v) is 13.4. The van der Waals surface area contributed by atoms with E-state index in [9.17, 15) is 10.2 Å². The fourth-order valence-corrected chi connectivity index (χ4v) is 9.14. The quantitative estimate of drug-likeness (QED) is 0.522. The zero-order valence-electron chi connectivity index (χ0n) is 20.7. The number of rotatable bonds is 5. The third-order valence-electron chi connectivity index (χ3n) is 11.6. The lowest BCUT2D eigenvalue weighted by Crippen LogP contribution is -2.53. The third-order valence-corrected chi connectivity index (χ3v) is 11.6. The van der Waals surface area contributed by atoms with E-state index in [4.69, 9.17) is 0 Å². The molecule has 0 aromatic rings. The van der Waals surface area contributed by atoms with Crippen molar-refractivity contribution in [1.82, 2.24) is 0 Å². The molecule has 4 unspecified atom stereocenters. The summed E-state index contributed by atoms with van der Waals surface area (Å²) in [5, 5.41) is 21.6. The Bertz CT molecular complexity index is 601. The average Bonchev–Trinajstić information content (AvgIpc) is 3.03. The Kier molecular flexibility index (Phi) is 6.44. The predicted octanol–water partition coefficient (Wildman–Crippen LogP) is 6.69. The second-order valence-corrected chi connectivity index (χ2v) is 13.3. The molecule has 0 aromatic heterocycles. The molecule has 30 heavy (non-hydrogen) atoms. The summed E-state index contributed by atoms with van der Waals surface area (Å²) in [4.78, 5) is 0. The van der Waals surface area contributed by atoms with Crippen molar-refractivity contribution in [2.24, 2.45) is 58.2 Å². The first-order chi connectivity index (χ1) is 14.1. The van der Waals surface area contributed by atoms with Gasteiger partial charge in [0.2, 0.25) is 0 Å². The van der Waals surface area contributed by atoms with Crippen molar-refractivity contribution in [3.8, 4) is 0 Å². The van der Waals surface area contributed by atoms with Crippen molar-refractivity contribution in [2.75, 3.05) is 0 Å². The molecule has 0 heterocycles. The summed E-state index contributed by atoms with van der Waals surface area (Å²) >= 11 is 0. The van der Waals surface area contributed by atoms with Crippen molar-refractivity contribution in [3.05, 3.63) is 0 Å². The molecule has 0 radical (unpaired) electrons. The minimum Gasteiger partial charge on any atom is -0.390 e. The molecule has 0 aromatic carbocycles. The van der Waals surface area contributed by atoms with Gasteiger partial charge in [-0.05, 0) is 116 Å². The number of aliphatic hydroxyl groups excluding tert-OH is 2. The van der Waals surface area contributed by atoms with Gasteiger partial charge in [-0.25, -0.2) is 0 Å². The van der Waals surface area contributed by atoms with E-state index >= 15 is 0 Å². The van der Waals surface area contributed by atoms with E-state index in [2.05, 4.69) is 41.5 Å². The van der Waals surface area contributed by atoms with Crippen LogP contribution in [0.1, 0.15) is 106 Å². The summed E-state index contributed by atoms with van der Waals surface area (Å²) in [5.74, 6) is 5.77. The molecule has 4 fully saturated rings. The molecule has 2 heteroatoms. The van der Waals surface area contributed by atoms with Gasteiger partial charge in [0.15, 0.2) is 0 Å². The van der Waals surface area contributed by atoms with Gasteiger partial charge in [-0.15, -0.1) is 0 Å². The topological polar surface area (TPSA) is 40.5 Å². The molecule has 11 atom stereocenters. The summed E-state index contributed by atoms with van der Waals surface area (Å²) in [6.45, 7) is 14.1. The number of hydrogen-bond donors (Lipinski definition) is 2. The van der Waals surface area contributed by atoms with E-state index in [0.29, 0.717) is 22.7 Å². The van der Waals surface area contributed by atoms with Crippen molar-refractivity contribution < 1.29 is 10.2 Å². The fourth-order valence-electron chi connectivity index (χ4n) is 9.14. The van der Waals surface area contributed by atoms with Gasteiger partial charge in [0.05, 0.1) is 12.2 Å². The molecule has 0 aliphatic heterocycles. The molecular weight excluding hydrogens is 368 g/mol. The zero-order valence-corrected chi connectivity index (χ0v) is 20.7. The zero-order chi connectivity index (χ0) is 21.8. The van der Waals surface area contributed by atoms with Gasteiger partial charge < -0.3 is 10.2 Å². The van der Waals surface area contributed by atoms with Crippen LogP contribution in [-0.4, -0.2) is 22.4 Å². The second kappa shape index (κ2) is 8.36. The molecular formula is C28H50O2. The maximum Gasteiger partial charge on any atom is 0.0827 e. The highest BCUT2D eigenvalue weighted by molar-refractivity contribution is 5.09. The van der Waals surface area contributed by atoms with Crippen molar-refractivity contribution >= 4 is 0 Å². The number of aliphatic hydroxyl groups is 2.